The Balaban J connectivity index is 1.70. The first-order valence-corrected chi connectivity index (χ1v) is 9.91. The highest BCUT2D eigenvalue weighted by atomic mass is 19.1. The maximum absolute atomic E-state index is 14.0. The largest absolute Gasteiger partial charge is 0.497 e. The number of piperidine rings is 1. The molecule has 0 bridgehead atoms. The van der Waals surface area contributed by atoms with Gasteiger partial charge in [0.15, 0.2) is 0 Å². The van der Waals surface area contributed by atoms with Crippen molar-refractivity contribution in [2.24, 2.45) is 0 Å². The fourth-order valence-electron chi connectivity index (χ4n) is 3.78. The highest BCUT2D eigenvalue weighted by Gasteiger charge is 2.27. The minimum Gasteiger partial charge on any atom is -0.497 e. The Morgan fingerprint density at radius 2 is 1.82 bits per heavy atom. The lowest BCUT2D eigenvalue weighted by molar-refractivity contribution is -0.133. The second-order valence-corrected chi connectivity index (χ2v) is 7.49. The monoisotopic (exact) mass is 384 g/mol. The molecule has 4 nitrogen and oxygen atoms in total. The Bertz CT molecular complexity index is 770. The number of ether oxygens (including phenoxy) is 1. The van der Waals surface area contributed by atoms with Crippen LogP contribution in [0.25, 0.3) is 0 Å². The van der Waals surface area contributed by atoms with Crippen molar-refractivity contribution in [1.82, 2.24) is 9.80 Å². The zero-order chi connectivity index (χ0) is 19.9. The minimum atomic E-state index is -0.201. The van der Waals surface area contributed by atoms with Crippen molar-refractivity contribution in [2.45, 2.75) is 31.7 Å². The van der Waals surface area contributed by atoms with Crippen LogP contribution in [0.15, 0.2) is 48.5 Å². The molecular weight excluding hydrogens is 355 g/mol. The molecule has 1 aliphatic rings. The number of amides is 1. The predicted octanol–water partition coefficient (Wildman–Crippen LogP) is 3.54. The first kappa shape index (κ1) is 20.3. The summed E-state index contributed by atoms with van der Waals surface area (Å²) in [4.78, 5) is 17.4. The SMILES string of the molecule is COc1ccc(CC(=O)N(CCc2ccccc2F)C2CCN(C)CC2)cc1. The number of carbonyl (C=O) groups is 1. The molecule has 2 aromatic carbocycles. The van der Waals surface area contributed by atoms with Gasteiger partial charge >= 0.3 is 0 Å². The summed E-state index contributed by atoms with van der Waals surface area (Å²) in [7, 11) is 3.74. The van der Waals surface area contributed by atoms with Crippen LogP contribution in [0.1, 0.15) is 24.0 Å². The smallest absolute Gasteiger partial charge is 0.227 e. The van der Waals surface area contributed by atoms with Gasteiger partial charge in [0.05, 0.1) is 13.5 Å². The molecule has 1 amide bonds. The predicted molar refractivity (Wildman–Crippen MR) is 109 cm³/mol. The van der Waals surface area contributed by atoms with Crippen molar-refractivity contribution >= 4 is 5.91 Å². The Hall–Kier alpha value is -2.40. The molecular formula is C23H29FN2O2. The molecule has 28 heavy (non-hydrogen) atoms. The van der Waals surface area contributed by atoms with Crippen molar-refractivity contribution in [3.05, 3.63) is 65.5 Å². The van der Waals surface area contributed by atoms with E-state index >= 15 is 0 Å². The molecule has 3 rings (SSSR count). The van der Waals surface area contributed by atoms with Crippen molar-refractivity contribution in [3.8, 4) is 5.75 Å². The van der Waals surface area contributed by atoms with E-state index in [9.17, 15) is 9.18 Å². The molecule has 150 valence electrons. The van der Waals surface area contributed by atoms with Gasteiger partial charge < -0.3 is 14.5 Å². The molecule has 5 heteroatoms. The summed E-state index contributed by atoms with van der Waals surface area (Å²) in [5.41, 5.74) is 1.63. The summed E-state index contributed by atoms with van der Waals surface area (Å²) in [6.07, 6.45) is 2.81. The van der Waals surface area contributed by atoms with Crippen LogP contribution in [-0.4, -0.2) is 55.5 Å². The fourth-order valence-corrected chi connectivity index (χ4v) is 3.78. The van der Waals surface area contributed by atoms with Gasteiger partial charge in [0, 0.05) is 12.6 Å². The molecule has 1 heterocycles. The number of halogens is 1. The third kappa shape index (κ3) is 5.32. The number of carbonyl (C=O) groups excluding carboxylic acids is 1. The van der Waals surface area contributed by atoms with E-state index in [4.69, 9.17) is 4.74 Å². The van der Waals surface area contributed by atoms with Gasteiger partial charge in [-0.25, -0.2) is 4.39 Å². The first-order chi connectivity index (χ1) is 13.6. The van der Waals surface area contributed by atoms with Crippen LogP contribution in [0, 0.1) is 5.82 Å². The van der Waals surface area contributed by atoms with Crippen LogP contribution in [0.4, 0.5) is 4.39 Å². The summed E-state index contributed by atoms with van der Waals surface area (Å²) < 4.78 is 19.2. The molecule has 2 aromatic rings. The quantitative estimate of drug-likeness (QED) is 0.732. The third-order valence-electron chi connectivity index (χ3n) is 5.54. The molecule has 0 N–H and O–H groups in total. The Kier molecular flexibility index (Phi) is 7.04. The van der Waals surface area contributed by atoms with Crippen LogP contribution < -0.4 is 4.74 Å². The summed E-state index contributed by atoms with van der Waals surface area (Å²) in [5, 5.41) is 0. The first-order valence-electron chi connectivity index (χ1n) is 9.91. The van der Waals surface area contributed by atoms with Crippen LogP contribution >= 0.6 is 0 Å². The van der Waals surface area contributed by atoms with Gasteiger partial charge in [-0.3, -0.25) is 4.79 Å². The third-order valence-corrected chi connectivity index (χ3v) is 5.54. The Morgan fingerprint density at radius 3 is 2.46 bits per heavy atom. The topological polar surface area (TPSA) is 32.8 Å². The van der Waals surface area contributed by atoms with E-state index in [1.807, 2.05) is 35.2 Å². The maximum Gasteiger partial charge on any atom is 0.227 e. The van der Waals surface area contributed by atoms with E-state index in [1.54, 1.807) is 19.2 Å². The van der Waals surface area contributed by atoms with Gasteiger partial charge in [-0.1, -0.05) is 30.3 Å². The van der Waals surface area contributed by atoms with Gasteiger partial charge in [-0.15, -0.1) is 0 Å². The Labute approximate surface area is 166 Å². The van der Waals surface area contributed by atoms with Crippen LogP contribution in [-0.2, 0) is 17.6 Å². The fraction of sp³-hybridized carbons (Fsp3) is 0.435. The number of hydrogen-bond donors (Lipinski definition) is 0. The van der Waals surface area contributed by atoms with Crippen molar-refractivity contribution in [2.75, 3.05) is 33.8 Å². The maximum atomic E-state index is 14.0. The molecule has 0 aromatic heterocycles. The number of nitrogens with zero attached hydrogens (tertiary/aromatic N) is 2. The molecule has 1 aliphatic heterocycles. The molecule has 0 unspecified atom stereocenters. The van der Waals surface area contributed by atoms with Gasteiger partial charge in [-0.2, -0.15) is 0 Å². The summed E-state index contributed by atoms with van der Waals surface area (Å²) in [6, 6.07) is 14.7. The second-order valence-electron chi connectivity index (χ2n) is 7.49. The van der Waals surface area contributed by atoms with Gasteiger partial charge in [0.2, 0.25) is 5.91 Å². The number of likely N-dealkylation sites (tertiary alicyclic amines) is 1. The number of methoxy groups -OCH3 is 1. The average molecular weight is 384 g/mol. The number of rotatable bonds is 7. The Morgan fingerprint density at radius 1 is 1.14 bits per heavy atom. The molecule has 1 fully saturated rings. The normalized spacial score (nSPS) is 15.4. The van der Waals surface area contributed by atoms with Crippen LogP contribution in [0.2, 0.25) is 0 Å². The molecule has 0 radical (unpaired) electrons. The van der Waals surface area contributed by atoms with E-state index in [-0.39, 0.29) is 17.8 Å². The lowest BCUT2D eigenvalue weighted by Gasteiger charge is -2.37. The van der Waals surface area contributed by atoms with Gasteiger partial charge in [0.1, 0.15) is 11.6 Å². The zero-order valence-corrected chi connectivity index (χ0v) is 16.7. The average Bonchev–Trinajstić information content (AvgIpc) is 2.71. The van der Waals surface area contributed by atoms with Gasteiger partial charge in [0.25, 0.3) is 0 Å². The summed E-state index contributed by atoms with van der Waals surface area (Å²) in [5.74, 6) is 0.687. The summed E-state index contributed by atoms with van der Waals surface area (Å²) in [6.45, 7) is 2.51. The minimum absolute atomic E-state index is 0.107. The van der Waals surface area contributed by atoms with Crippen molar-refractivity contribution < 1.29 is 13.9 Å². The number of hydrogen-bond acceptors (Lipinski definition) is 3. The van der Waals surface area contributed by atoms with Crippen molar-refractivity contribution in [1.29, 1.82) is 0 Å². The molecule has 0 saturated carbocycles. The lowest BCUT2D eigenvalue weighted by atomic mass is 10.0. The second kappa shape index (κ2) is 9.69. The van der Waals surface area contributed by atoms with Crippen molar-refractivity contribution in [3.63, 3.8) is 0 Å². The van der Waals surface area contributed by atoms with E-state index in [1.165, 1.54) is 6.07 Å². The molecule has 0 aliphatic carbocycles. The van der Waals surface area contributed by atoms with E-state index in [2.05, 4.69) is 11.9 Å². The van der Waals surface area contributed by atoms with E-state index in [0.717, 1.165) is 37.2 Å². The highest BCUT2D eigenvalue weighted by Crippen LogP contribution is 2.19. The lowest BCUT2D eigenvalue weighted by Crippen LogP contribution is -2.47. The van der Waals surface area contributed by atoms with Crippen LogP contribution in [0.3, 0.4) is 0 Å². The highest BCUT2D eigenvalue weighted by molar-refractivity contribution is 5.79. The molecule has 0 spiro atoms. The molecule has 1 saturated heterocycles. The van der Waals surface area contributed by atoms with Gasteiger partial charge in [-0.05, 0) is 68.7 Å². The number of benzene rings is 2. The van der Waals surface area contributed by atoms with E-state index in [0.29, 0.717) is 24.9 Å². The zero-order valence-electron chi connectivity index (χ0n) is 16.7. The standard InChI is InChI=1S/C23H29FN2O2/c1-25-14-12-20(13-15-25)26(16-11-19-5-3-4-6-22(19)24)23(27)17-18-7-9-21(28-2)10-8-18/h3-10,20H,11-17H2,1-2H3. The summed E-state index contributed by atoms with van der Waals surface area (Å²) >= 11 is 0. The van der Waals surface area contributed by atoms with E-state index < -0.39 is 0 Å². The van der Waals surface area contributed by atoms with Crippen LogP contribution in [0.5, 0.6) is 5.75 Å². The molecule has 0 atom stereocenters.